The average Bonchev–Trinajstić information content (AvgIpc) is 2.83. The highest BCUT2D eigenvalue weighted by molar-refractivity contribution is 6.30. The topological polar surface area (TPSA) is 123 Å². The first kappa shape index (κ1) is 22.8. The summed E-state index contributed by atoms with van der Waals surface area (Å²) in [5, 5.41) is 14.0. The van der Waals surface area contributed by atoms with Crippen LogP contribution in [0, 0.1) is 22.5 Å². The maximum atomic E-state index is 14.0. The zero-order chi connectivity index (χ0) is 24.3. The van der Waals surface area contributed by atoms with Gasteiger partial charge in [0.15, 0.2) is 0 Å². The zero-order valence-corrected chi connectivity index (χ0v) is 18.4. The summed E-state index contributed by atoms with van der Waals surface area (Å²) in [6, 6.07) is 15.6. The van der Waals surface area contributed by atoms with E-state index in [0.717, 1.165) is 10.5 Å². The smallest absolute Gasteiger partial charge is 0.276 e. The molecule has 2 heterocycles. The van der Waals surface area contributed by atoms with E-state index in [1.54, 1.807) is 61.8 Å². The Balaban J connectivity index is 1.82. The lowest BCUT2D eigenvalue weighted by Crippen LogP contribution is -2.65. The first-order valence-electron chi connectivity index (χ1n) is 10.7. The van der Waals surface area contributed by atoms with Gasteiger partial charge in [-0.1, -0.05) is 36.4 Å². The first-order valence-corrected chi connectivity index (χ1v) is 10.7. The molecule has 4 amide bonds. The summed E-state index contributed by atoms with van der Waals surface area (Å²) in [7, 11) is 0. The number of benzene rings is 2. The number of anilines is 1. The van der Waals surface area contributed by atoms with Crippen molar-refractivity contribution in [3.63, 3.8) is 0 Å². The van der Waals surface area contributed by atoms with Crippen LogP contribution in [0.15, 0.2) is 73.1 Å². The molecule has 1 atom stereocenters. The lowest BCUT2D eigenvalue weighted by atomic mass is 9.73. The standard InChI is InChI=1S/C25H22N4O5/c1-17-6-2-4-8-20(17)28-23(31)25(22(30)27-24(28)32,13-10-18-11-14-26-15-12-18)16-19-7-3-5-9-21(19)29(33)34/h2-9,11-12,14-15H,10,13,16H2,1H3,(H,27,30,32). The van der Waals surface area contributed by atoms with Crippen LogP contribution >= 0.6 is 0 Å². The molecule has 0 aliphatic carbocycles. The van der Waals surface area contributed by atoms with Gasteiger partial charge in [-0.05, 0) is 49.1 Å². The maximum absolute atomic E-state index is 14.0. The third kappa shape index (κ3) is 4.15. The molecule has 0 radical (unpaired) electrons. The molecule has 1 aliphatic rings. The minimum absolute atomic E-state index is 0.0450. The molecule has 1 saturated heterocycles. The number of carbonyl (C=O) groups is 3. The van der Waals surface area contributed by atoms with E-state index in [0.29, 0.717) is 17.7 Å². The number of amides is 4. The van der Waals surface area contributed by atoms with Crippen molar-refractivity contribution in [3.8, 4) is 0 Å². The number of rotatable bonds is 7. The number of imide groups is 2. The second kappa shape index (κ2) is 9.22. The SMILES string of the molecule is Cc1ccccc1N1C(=O)NC(=O)C(CCc2ccncc2)(Cc2ccccc2[N+](=O)[O-])C1=O. The number of hydrogen-bond acceptors (Lipinski definition) is 6. The van der Waals surface area contributed by atoms with Gasteiger partial charge in [0.25, 0.3) is 11.6 Å². The summed E-state index contributed by atoms with van der Waals surface area (Å²) in [4.78, 5) is 56.2. The minimum Gasteiger partial charge on any atom is -0.276 e. The third-order valence-corrected chi connectivity index (χ3v) is 6.10. The molecule has 1 aliphatic heterocycles. The molecular formula is C25H22N4O5. The van der Waals surface area contributed by atoms with E-state index < -0.39 is 28.2 Å². The fraction of sp³-hybridized carbons (Fsp3) is 0.200. The van der Waals surface area contributed by atoms with E-state index >= 15 is 0 Å². The van der Waals surface area contributed by atoms with Crippen LogP contribution < -0.4 is 10.2 Å². The molecule has 34 heavy (non-hydrogen) atoms. The second-order valence-corrected chi connectivity index (χ2v) is 8.19. The molecule has 1 N–H and O–H groups in total. The summed E-state index contributed by atoms with van der Waals surface area (Å²) in [6.45, 7) is 1.76. The van der Waals surface area contributed by atoms with E-state index in [1.807, 2.05) is 0 Å². The Bertz CT molecular complexity index is 1280. The van der Waals surface area contributed by atoms with Crippen LogP contribution in [0.4, 0.5) is 16.2 Å². The summed E-state index contributed by atoms with van der Waals surface area (Å²) in [6.07, 6.45) is 3.36. The van der Waals surface area contributed by atoms with Gasteiger partial charge in [-0.3, -0.25) is 30.0 Å². The van der Waals surface area contributed by atoms with Crippen LogP contribution in [0.25, 0.3) is 0 Å². The quantitative estimate of drug-likeness (QED) is 0.327. The Morgan fingerprint density at radius 3 is 2.38 bits per heavy atom. The van der Waals surface area contributed by atoms with Gasteiger partial charge in [0, 0.05) is 30.4 Å². The fourth-order valence-electron chi connectivity index (χ4n) is 4.24. The summed E-state index contributed by atoms with van der Waals surface area (Å²) in [5.41, 5.74) is 0.195. The molecule has 0 bridgehead atoms. The Kier molecular flexibility index (Phi) is 6.18. The molecule has 9 heteroatoms. The predicted molar refractivity (Wildman–Crippen MR) is 124 cm³/mol. The number of para-hydroxylation sites is 2. The number of nitro groups is 1. The predicted octanol–water partition coefficient (Wildman–Crippen LogP) is 3.74. The molecule has 0 saturated carbocycles. The molecular weight excluding hydrogens is 436 g/mol. The molecule has 1 unspecified atom stereocenters. The second-order valence-electron chi connectivity index (χ2n) is 8.19. The molecule has 1 aromatic heterocycles. The molecule has 2 aromatic carbocycles. The fourth-order valence-corrected chi connectivity index (χ4v) is 4.24. The van der Waals surface area contributed by atoms with Gasteiger partial charge in [-0.15, -0.1) is 0 Å². The third-order valence-electron chi connectivity index (χ3n) is 6.10. The van der Waals surface area contributed by atoms with Gasteiger partial charge < -0.3 is 0 Å². The van der Waals surface area contributed by atoms with Gasteiger partial charge in [0.05, 0.1) is 10.6 Å². The van der Waals surface area contributed by atoms with Crippen molar-refractivity contribution < 1.29 is 19.3 Å². The molecule has 0 spiro atoms. The summed E-state index contributed by atoms with van der Waals surface area (Å²) >= 11 is 0. The van der Waals surface area contributed by atoms with Crippen molar-refractivity contribution in [1.29, 1.82) is 0 Å². The Labute approximate surface area is 195 Å². The minimum atomic E-state index is -1.73. The summed E-state index contributed by atoms with van der Waals surface area (Å²) < 4.78 is 0. The van der Waals surface area contributed by atoms with Crippen molar-refractivity contribution in [1.82, 2.24) is 10.3 Å². The number of aryl methyl sites for hydroxylation is 2. The van der Waals surface area contributed by atoms with Gasteiger partial charge in [-0.25, -0.2) is 9.69 Å². The van der Waals surface area contributed by atoms with Crippen LogP contribution in [0.5, 0.6) is 0 Å². The van der Waals surface area contributed by atoms with Gasteiger partial charge in [0.1, 0.15) is 5.41 Å². The number of barbiturate groups is 1. The van der Waals surface area contributed by atoms with Crippen LogP contribution in [0.2, 0.25) is 0 Å². The number of urea groups is 1. The van der Waals surface area contributed by atoms with Crippen molar-refractivity contribution in [2.45, 2.75) is 26.2 Å². The number of nitro benzene ring substituents is 1. The highest BCUT2D eigenvalue weighted by Crippen LogP contribution is 2.39. The zero-order valence-electron chi connectivity index (χ0n) is 18.4. The monoisotopic (exact) mass is 458 g/mol. The van der Waals surface area contributed by atoms with E-state index in [2.05, 4.69) is 10.3 Å². The first-order chi connectivity index (χ1) is 16.3. The summed E-state index contributed by atoms with van der Waals surface area (Å²) in [5.74, 6) is -1.47. The van der Waals surface area contributed by atoms with Gasteiger partial charge in [-0.2, -0.15) is 0 Å². The van der Waals surface area contributed by atoms with Crippen LogP contribution in [-0.4, -0.2) is 27.8 Å². The molecule has 172 valence electrons. The number of aromatic nitrogens is 1. The number of nitrogens with one attached hydrogen (secondary N) is 1. The van der Waals surface area contributed by atoms with Crippen LogP contribution in [0.1, 0.15) is 23.1 Å². The van der Waals surface area contributed by atoms with E-state index in [4.69, 9.17) is 0 Å². The van der Waals surface area contributed by atoms with Crippen molar-refractivity contribution in [2.24, 2.45) is 5.41 Å². The van der Waals surface area contributed by atoms with Crippen molar-refractivity contribution in [3.05, 3.63) is 99.9 Å². The van der Waals surface area contributed by atoms with Crippen molar-refractivity contribution >= 4 is 29.2 Å². The van der Waals surface area contributed by atoms with Crippen molar-refractivity contribution in [2.75, 3.05) is 4.90 Å². The van der Waals surface area contributed by atoms with E-state index in [9.17, 15) is 24.5 Å². The van der Waals surface area contributed by atoms with Gasteiger partial charge in [0.2, 0.25) is 5.91 Å². The van der Waals surface area contributed by atoms with E-state index in [1.165, 1.54) is 18.2 Å². The maximum Gasteiger partial charge on any atom is 0.335 e. The number of pyridine rings is 1. The molecule has 3 aromatic rings. The lowest BCUT2D eigenvalue weighted by molar-refractivity contribution is -0.385. The highest BCUT2D eigenvalue weighted by Gasteiger charge is 2.54. The highest BCUT2D eigenvalue weighted by atomic mass is 16.6. The van der Waals surface area contributed by atoms with E-state index in [-0.39, 0.29) is 24.1 Å². The van der Waals surface area contributed by atoms with Crippen LogP contribution in [0.3, 0.4) is 0 Å². The Morgan fingerprint density at radius 1 is 1.00 bits per heavy atom. The largest absolute Gasteiger partial charge is 0.335 e. The normalized spacial score (nSPS) is 18.0. The van der Waals surface area contributed by atoms with Crippen LogP contribution in [-0.2, 0) is 22.4 Å². The molecule has 9 nitrogen and oxygen atoms in total. The average molecular weight is 458 g/mol. The lowest BCUT2D eigenvalue weighted by Gasteiger charge is -2.39. The number of hydrogen-bond donors (Lipinski definition) is 1. The van der Waals surface area contributed by atoms with Gasteiger partial charge >= 0.3 is 6.03 Å². The Morgan fingerprint density at radius 2 is 1.68 bits per heavy atom. The number of carbonyl (C=O) groups excluding carboxylic acids is 3. The molecule has 1 fully saturated rings. The number of nitrogens with zero attached hydrogens (tertiary/aromatic N) is 3. The Hall–Kier alpha value is -4.40. The molecule has 4 rings (SSSR count).